The zero-order chi connectivity index (χ0) is 12.5. The second-order valence-electron chi connectivity index (χ2n) is 5.73. The van der Waals surface area contributed by atoms with Gasteiger partial charge in [0.25, 0.3) is 0 Å². The van der Waals surface area contributed by atoms with Crippen molar-refractivity contribution in [2.45, 2.75) is 44.2 Å². The maximum Gasteiger partial charge on any atom is 0.225 e. The third-order valence-corrected chi connectivity index (χ3v) is 4.16. The van der Waals surface area contributed by atoms with Gasteiger partial charge >= 0.3 is 0 Å². The van der Waals surface area contributed by atoms with Crippen molar-refractivity contribution >= 4 is 24.2 Å². The molecule has 2 N–H and O–H groups in total. The first-order chi connectivity index (χ1) is 8.74. The average molecular weight is 288 g/mol. The van der Waals surface area contributed by atoms with Gasteiger partial charge in [-0.15, -0.1) is 12.4 Å². The molecule has 3 rings (SSSR count). The zero-order valence-electron chi connectivity index (χ0n) is 11.1. The van der Waals surface area contributed by atoms with Crippen molar-refractivity contribution in [3.8, 4) is 0 Å². The maximum atomic E-state index is 12.1. The lowest BCUT2D eigenvalue weighted by Gasteiger charge is -2.23. The molecule has 0 aromatic heterocycles. The summed E-state index contributed by atoms with van der Waals surface area (Å²) in [5, 5.41) is 6.30. The fourth-order valence-electron chi connectivity index (χ4n) is 2.96. The Kier molecular flexibility index (Phi) is 4.68. The van der Waals surface area contributed by atoms with Crippen molar-refractivity contribution in [1.82, 2.24) is 15.5 Å². The third kappa shape index (κ3) is 3.39. The van der Waals surface area contributed by atoms with Gasteiger partial charge in [-0.25, -0.2) is 0 Å². The Hall–Kier alpha value is -0.810. The molecule has 1 saturated carbocycles. The van der Waals surface area contributed by atoms with Crippen LogP contribution in [0.1, 0.15) is 32.1 Å². The van der Waals surface area contributed by atoms with E-state index in [1.807, 2.05) is 4.90 Å². The lowest BCUT2D eigenvalue weighted by Crippen LogP contribution is -2.45. The van der Waals surface area contributed by atoms with E-state index >= 15 is 0 Å². The van der Waals surface area contributed by atoms with Gasteiger partial charge in [-0.1, -0.05) is 0 Å². The highest BCUT2D eigenvalue weighted by molar-refractivity contribution is 5.85. The molecular weight excluding hydrogens is 266 g/mol. The predicted octanol–water partition coefficient (Wildman–Crippen LogP) is 0.287. The molecule has 0 aromatic carbocycles. The summed E-state index contributed by atoms with van der Waals surface area (Å²) in [6.45, 7) is 2.51. The molecule has 0 bridgehead atoms. The molecule has 1 aliphatic carbocycles. The minimum absolute atomic E-state index is 0. The van der Waals surface area contributed by atoms with Gasteiger partial charge in [0.05, 0.1) is 12.0 Å². The maximum absolute atomic E-state index is 12.1. The Labute approximate surface area is 119 Å². The summed E-state index contributed by atoms with van der Waals surface area (Å²) in [6, 6.07) is 0.503. The summed E-state index contributed by atoms with van der Waals surface area (Å²) in [6.07, 6.45) is 4.79. The van der Waals surface area contributed by atoms with Crippen molar-refractivity contribution in [3.63, 3.8) is 0 Å². The molecule has 19 heavy (non-hydrogen) atoms. The SMILES string of the molecule is Cl.O=C(NC1CC(=O)N(C2CC2)C1)C1CCCNC1. The van der Waals surface area contributed by atoms with Crippen LogP contribution < -0.4 is 10.6 Å². The van der Waals surface area contributed by atoms with Crippen LogP contribution in [-0.2, 0) is 9.59 Å². The number of rotatable bonds is 3. The number of nitrogens with one attached hydrogen (secondary N) is 2. The van der Waals surface area contributed by atoms with Crippen molar-refractivity contribution in [3.05, 3.63) is 0 Å². The smallest absolute Gasteiger partial charge is 0.225 e. The molecule has 3 aliphatic rings. The number of amides is 2. The highest BCUT2D eigenvalue weighted by atomic mass is 35.5. The largest absolute Gasteiger partial charge is 0.351 e. The van der Waals surface area contributed by atoms with Crippen LogP contribution in [0.15, 0.2) is 0 Å². The molecule has 3 fully saturated rings. The Bertz CT molecular complexity index is 354. The first-order valence-electron chi connectivity index (χ1n) is 7.04. The normalized spacial score (nSPS) is 30.9. The molecule has 0 aromatic rings. The Morgan fingerprint density at radius 3 is 2.74 bits per heavy atom. The fourth-order valence-corrected chi connectivity index (χ4v) is 2.96. The van der Waals surface area contributed by atoms with Gasteiger partial charge in [0.1, 0.15) is 0 Å². The van der Waals surface area contributed by atoms with Gasteiger partial charge in [0, 0.05) is 25.6 Å². The molecule has 2 aliphatic heterocycles. The monoisotopic (exact) mass is 287 g/mol. The molecule has 2 atom stereocenters. The highest BCUT2D eigenvalue weighted by Crippen LogP contribution is 2.30. The van der Waals surface area contributed by atoms with E-state index in [2.05, 4.69) is 10.6 Å². The van der Waals surface area contributed by atoms with Crippen LogP contribution in [0.4, 0.5) is 0 Å². The van der Waals surface area contributed by atoms with Gasteiger partial charge in [0.15, 0.2) is 0 Å². The summed E-state index contributed by atoms with van der Waals surface area (Å²) < 4.78 is 0. The lowest BCUT2D eigenvalue weighted by atomic mass is 9.98. The number of hydrogen-bond donors (Lipinski definition) is 2. The average Bonchev–Trinajstić information content (AvgIpc) is 3.15. The molecule has 5 nitrogen and oxygen atoms in total. The molecule has 0 spiro atoms. The Balaban J connectivity index is 0.00000133. The van der Waals surface area contributed by atoms with E-state index in [1.165, 1.54) is 0 Å². The van der Waals surface area contributed by atoms with Gasteiger partial charge in [-0.2, -0.15) is 0 Å². The van der Waals surface area contributed by atoms with Crippen LogP contribution in [0, 0.1) is 5.92 Å². The van der Waals surface area contributed by atoms with Gasteiger partial charge in [0.2, 0.25) is 11.8 Å². The highest BCUT2D eigenvalue weighted by Gasteiger charge is 2.40. The first-order valence-corrected chi connectivity index (χ1v) is 7.04. The molecule has 6 heteroatoms. The third-order valence-electron chi connectivity index (χ3n) is 4.16. The molecular formula is C13H22ClN3O2. The van der Waals surface area contributed by atoms with Crippen LogP contribution in [0.2, 0.25) is 0 Å². The summed E-state index contributed by atoms with van der Waals surface area (Å²) >= 11 is 0. The molecule has 2 saturated heterocycles. The minimum Gasteiger partial charge on any atom is -0.351 e. The molecule has 0 radical (unpaired) electrons. The van der Waals surface area contributed by atoms with Gasteiger partial charge in [-0.3, -0.25) is 9.59 Å². The number of halogens is 1. The van der Waals surface area contributed by atoms with Crippen molar-refractivity contribution < 1.29 is 9.59 Å². The number of hydrogen-bond acceptors (Lipinski definition) is 3. The quantitative estimate of drug-likeness (QED) is 0.784. The van der Waals surface area contributed by atoms with Crippen LogP contribution >= 0.6 is 12.4 Å². The summed E-state index contributed by atoms with van der Waals surface area (Å²) in [7, 11) is 0. The predicted molar refractivity (Wildman–Crippen MR) is 74.1 cm³/mol. The minimum atomic E-state index is 0. The topological polar surface area (TPSA) is 61.4 Å². The standard InChI is InChI=1S/C13H21N3O2.ClH/c17-12-6-10(8-16(12)11-3-4-11)15-13(18)9-2-1-5-14-7-9;/h9-11,14H,1-8H2,(H,15,18);1H. The number of carbonyl (C=O) groups is 2. The molecule has 2 unspecified atom stereocenters. The molecule has 108 valence electrons. The summed E-state index contributed by atoms with van der Waals surface area (Å²) in [4.78, 5) is 25.8. The van der Waals surface area contributed by atoms with E-state index in [4.69, 9.17) is 0 Å². The van der Waals surface area contributed by atoms with E-state index < -0.39 is 0 Å². The molecule has 2 heterocycles. The van der Waals surface area contributed by atoms with Crippen LogP contribution in [0.5, 0.6) is 0 Å². The lowest BCUT2D eigenvalue weighted by molar-refractivity contribution is -0.128. The number of nitrogens with zero attached hydrogens (tertiary/aromatic N) is 1. The number of likely N-dealkylation sites (tertiary alicyclic amines) is 1. The van der Waals surface area contributed by atoms with Crippen LogP contribution in [0.25, 0.3) is 0 Å². The van der Waals surface area contributed by atoms with E-state index in [1.54, 1.807) is 0 Å². The van der Waals surface area contributed by atoms with Crippen molar-refractivity contribution in [2.24, 2.45) is 5.92 Å². The van der Waals surface area contributed by atoms with Gasteiger partial charge < -0.3 is 15.5 Å². The Morgan fingerprint density at radius 2 is 2.11 bits per heavy atom. The fraction of sp³-hybridized carbons (Fsp3) is 0.846. The zero-order valence-corrected chi connectivity index (χ0v) is 11.9. The van der Waals surface area contributed by atoms with Crippen molar-refractivity contribution in [2.75, 3.05) is 19.6 Å². The van der Waals surface area contributed by atoms with E-state index in [-0.39, 0.29) is 36.2 Å². The van der Waals surface area contributed by atoms with Crippen LogP contribution in [-0.4, -0.2) is 48.4 Å². The molecule has 2 amide bonds. The first kappa shape index (κ1) is 14.6. The van der Waals surface area contributed by atoms with E-state index in [0.29, 0.717) is 12.5 Å². The van der Waals surface area contributed by atoms with Crippen molar-refractivity contribution in [1.29, 1.82) is 0 Å². The van der Waals surface area contributed by atoms with E-state index in [9.17, 15) is 9.59 Å². The van der Waals surface area contributed by atoms with E-state index in [0.717, 1.165) is 45.3 Å². The summed E-state index contributed by atoms with van der Waals surface area (Å²) in [5.41, 5.74) is 0. The second kappa shape index (κ2) is 6.09. The Morgan fingerprint density at radius 1 is 1.32 bits per heavy atom. The van der Waals surface area contributed by atoms with Crippen LogP contribution in [0.3, 0.4) is 0 Å². The number of carbonyl (C=O) groups excluding carboxylic acids is 2. The second-order valence-corrected chi connectivity index (χ2v) is 5.73. The van der Waals surface area contributed by atoms with Gasteiger partial charge in [-0.05, 0) is 32.2 Å². The summed E-state index contributed by atoms with van der Waals surface area (Å²) in [5.74, 6) is 0.422. The number of piperidine rings is 1.